The predicted octanol–water partition coefficient (Wildman–Crippen LogP) is -0.419. The Morgan fingerprint density at radius 2 is 2.05 bits per heavy atom. The minimum Gasteiger partial charge on any atom is -0.481 e. The Kier molecular flexibility index (Phi) is 4.19. The van der Waals surface area contributed by atoms with E-state index in [1.165, 1.54) is 0 Å². The Bertz CT molecular complexity index is 536. The molecule has 1 aromatic rings. The fraction of sp³-hybridized carbons (Fsp3) is 0.222. The van der Waals surface area contributed by atoms with Crippen molar-refractivity contribution in [2.24, 2.45) is 0 Å². The molecule has 0 fully saturated rings. The highest BCUT2D eigenvalue weighted by Gasteiger charge is 2.24. The van der Waals surface area contributed by atoms with Crippen molar-refractivity contribution in [2.45, 2.75) is 12.5 Å². The maximum absolute atomic E-state index is 11.6. The number of nitrogens with zero attached hydrogens (tertiary/aromatic N) is 1. The highest BCUT2D eigenvalue weighted by Crippen LogP contribution is 2.12. The third-order valence-electron chi connectivity index (χ3n) is 2.11. The normalized spacial score (nSPS) is 11.6. The highest BCUT2D eigenvalue weighted by molar-refractivity contribution is 5.96. The average molecular weight is 271 g/mol. The zero-order valence-corrected chi connectivity index (χ0v) is 9.32. The van der Waals surface area contributed by atoms with Crippen LogP contribution in [0.3, 0.4) is 0 Å². The molecule has 102 valence electrons. The Labute approximate surface area is 105 Å². The van der Waals surface area contributed by atoms with Crippen LogP contribution in [0.5, 0.6) is 0 Å². The highest BCUT2D eigenvalue weighted by atomic mass is 16.6. The number of aromatic amines is 1. The van der Waals surface area contributed by atoms with Crippen LogP contribution in [0.4, 0.5) is 5.69 Å². The fourth-order valence-electron chi connectivity index (χ4n) is 1.23. The van der Waals surface area contributed by atoms with E-state index in [0.717, 1.165) is 12.3 Å². The Balaban J connectivity index is 2.78. The number of nitrogens with one attached hydrogen (secondary N) is 2. The summed E-state index contributed by atoms with van der Waals surface area (Å²) >= 11 is 0. The third kappa shape index (κ3) is 3.80. The molecule has 1 amide bonds. The number of hydrogen-bond acceptors (Lipinski definition) is 5. The van der Waals surface area contributed by atoms with Gasteiger partial charge < -0.3 is 20.5 Å². The van der Waals surface area contributed by atoms with Crippen LogP contribution in [-0.2, 0) is 9.59 Å². The lowest BCUT2D eigenvalue weighted by Gasteiger charge is -2.11. The van der Waals surface area contributed by atoms with Crippen LogP contribution in [0.15, 0.2) is 12.3 Å². The van der Waals surface area contributed by atoms with E-state index < -0.39 is 35.2 Å². The number of aliphatic carboxylic acids is 2. The van der Waals surface area contributed by atoms with Gasteiger partial charge in [-0.05, 0) is 0 Å². The molecule has 1 rings (SSSR count). The fourth-order valence-corrected chi connectivity index (χ4v) is 1.23. The van der Waals surface area contributed by atoms with Crippen molar-refractivity contribution in [1.82, 2.24) is 10.3 Å². The van der Waals surface area contributed by atoms with E-state index in [1.54, 1.807) is 0 Å². The lowest BCUT2D eigenvalue weighted by molar-refractivity contribution is -0.384. The Morgan fingerprint density at radius 3 is 2.47 bits per heavy atom. The number of carbonyl (C=O) groups excluding carboxylic acids is 1. The van der Waals surface area contributed by atoms with Crippen molar-refractivity contribution in [3.8, 4) is 0 Å². The first-order valence-electron chi connectivity index (χ1n) is 4.89. The molecule has 0 aromatic carbocycles. The van der Waals surface area contributed by atoms with Crippen LogP contribution < -0.4 is 5.32 Å². The summed E-state index contributed by atoms with van der Waals surface area (Å²) in [5.74, 6) is -3.86. The van der Waals surface area contributed by atoms with E-state index in [2.05, 4.69) is 4.98 Å². The molecule has 19 heavy (non-hydrogen) atoms. The van der Waals surface area contributed by atoms with Gasteiger partial charge in [0.1, 0.15) is 11.7 Å². The summed E-state index contributed by atoms with van der Waals surface area (Å²) in [7, 11) is 0. The lowest BCUT2D eigenvalue weighted by atomic mass is 10.2. The molecule has 10 nitrogen and oxygen atoms in total. The van der Waals surface area contributed by atoms with Crippen molar-refractivity contribution in [3.05, 3.63) is 28.1 Å². The Hall–Kier alpha value is -2.91. The van der Waals surface area contributed by atoms with Gasteiger partial charge in [-0.25, -0.2) is 4.79 Å². The zero-order valence-electron chi connectivity index (χ0n) is 9.32. The lowest BCUT2D eigenvalue weighted by Crippen LogP contribution is -2.42. The van der Waals surface area contributed by atoms with E-state index in [-0.39, 0.29) is 11.4 Å². The predicted molar refractivity (Wildman–Crippen MR) is 58.6 cm³/mol. The molecule has 10 heteroatoms. The smallest absolute Gasteiger partial charge is 0.326 e. The molecular weight excluding hydrogens is 262 g/mol. The molecule has 0 aliphatic rings. The van der Waals surface area contributed by atoms with Crippen molar-refractivity contribution >= 4 is 23.5 Å². The quantitative estimate of drug-likeness (QED) is 0.403. The van der Waals surface area contributed by atoms with E-state index in [9.17, 15) is 24.5 Å². The largest absolute Gasteiger partial charge is 0.481 e. The van der Waals surface area contributed by atoms with Gasteiger partial charge >= 0.3 is 11.9 Å². The van der Waals surface area contributed by atoms with Crippen molar-refractivity contribution in [3.63, 3.8) is 0 Å². The summed E-state index contributed by atoms with van der Waals surface area (Å²) in [6.45, 7) is 0. The summed E-state index contributed by atoms with van der Waals surface area (Å²) in [4.78, 5) is 44.6. The van der Waals surface area contributed by atoms with Crippen LogP contribution in [0.1, 0.15) is 16.9 Å². The standard InChI is InChI=1S/C9H9N3O7/c13-7(14)2-6(9(16)17)11-8(15)5-1-4(3-10-5)12(18)19/h1,3,6,10H,2H2,(H,11,15)(H,13,14)(H,16,17)/t6-/m1/s1. The molecule has 0 spiro atoms. The molecular formula is C9H9N3O7. The number of carboxylic acid groups (broad SMARTS) is 2. The molecule has 1 heterocycles. The monoisotopic (exact) mass is 271 g/mol. The van der Waals surface area contributed by atoms with Crippen molar-refractivity contribution < 1.29 is 29.5 Å². The maximum atomic E-state index is 11.6. The van der Waals surface area contributed by atoms with Gasteiger partial charge in [-0.3, -0.25) is 19.7 Å². The minimum atomic E-state index is -1.62. The van der Waals surface area contributed by atoms with Crippen molar-refractivity contribution in [1.29, 1.82) is 0 Å². The summed E-state index contributed by atoms with van der Waals surface area (Å²) in [5.41, 5.74) is -0.599. The van der Waals surface area contributed by atoms with Gasteiger partial charge in [0.2, 0.25) is 0 Å². The second kappa shape index (κ2) is 5.62. The van der Waals surface area contributed by atoms with Gasteiger partial charge in [-0.15, -0.1) is 0 Å². The average Bonchev–Trinajstić information content (AvgIpc) is 2.76. The zero-order chi connectivity index (χ0) is 14.6. The summed E-state index contributed by atoms with van der Waals surface area (Å²) in [5, 5.41) is 29.5. The molecule has 0 saturated carbocycles. The molecule has 0 radical (unpaired) electrons. The number of amides is 1. The minimum absolute atomic E-state index is 0.233. The number of H-pyrrole nitrogens is 1. The van der Waals surface area contributed by atoms with E-state index >= 15 is 0 Å². The Morgan fingerprint density at radius 1 is 1.42 bits per heavy atom. The molecule has 0 saturated heterocycles. The first kappa shape index (κ1) is 14.2. The van der Waals surface area contributed by atoms with Crippen LogP contribution in [0, 0.1) is 10.1 Å². The summed E-state index contributed by atoms with van der Waals surface area (Å²) in [6.07, 6.45) is 0.158. The summed E-state index contributed by atoms with van der Waals surface area (Å²) in [6, 6.07) is -0.706. The SMILES string of the molecule is O=C(O)C[C@@H](NC(=O)c1cc([N+](=O)[O-])c[nH]1)C(=O)O. The van der Waals surface area contributed by atoms with Gasteiger partial charge in [0.25, 0.3) is 11.6 Å². The number of nitro groups is 1. The van der Waals surface area contributed by atoms with Crippen LogP contribution in [0.25, 0.3) is 0 Å². The van der Waals surface area contributed by atoms with E-state index in [1.807, 2.05) is 5.32 Å². The molecule has 0 aliphatic carbocycles. The molecule has 1 aromatic heterocycles. The van der Waals surface area contributed by atoms with Gasteiger partial charge in [-0.1, -0.05) is 0 Å². The number of aromatic nitrogens is 1. The molecule has 0 bridgehead atoms. The van der Waals surface area contributed by atoms with Gasteiger partial charge in [0, 0.05) is 6.07 Å². The molecule has 0 unspecified atom stereocenters. The number of rotatable bonds is 6. The first-order chi connectivity index (χ1) is 8.81. The van der Waals surface area contributed by atoms with Gasteiger partial charge in [0.15, 0.2) is 0 Å². The van der Waals surface area contributed by atoms with Crippen molar-refractivity contribution in [2.75, 3.05) is 0 Å². The van der Waals surface area contributed by atoms with E-state index in [4.69, 9.17) is 10.2 Å². The van der Waals surface area contributed by atoms with Crippen LogP contribution in [0.2, 0.25) is 0 Å². The second-order valence-corrected chi connectivity index (χ2v) is 3.49. The van der Waals surface area contributed by atoms with Gasteiger partial charge in [-0.2, -0.15) is 0 Å². The maximum Gasteiger partial charge on any atom is 0.326 e. The second-order valence-electron chi connectivity index (χ2n) is 3.49. The summed E-state index contributed by atoms with van der Waals surface area (Å²) < 4.78 is 0. The van der Waals surface area contributed by atoms with E-state index in [0.29, 0.717) is 0 Å². The molecule has 0 aliphatic heterocycles. The van der Waals surface area contributed by atoms with Crippen LogP contribution in [-0.4, -0.2) is 44.0 Å². The number of hydrogen-bond donors (Lipinski definition) is 4. The molecule has 4 N–H and O–H groups in total. The molecule has 1 atom stereocenters. The third-order valence-corrected chi connectivity index (χ3v) is 2.11. The first-order valence-corrected chi connectivity index (χ1v) is 4.89. The van der Waals surface area contributed by atoms with Gasteiger partial charge in [0.05, 0.1) is 17.5 Å². The van der Waals surface area contributed by atoms with Crippen LogP contribution >= 0.6 is 0 Å². The topological polar surface area (TPSA) is 163 Å². The number of carboxylic acids is 2. The number of carbonyl (C=O) groups is 3.